The first-order valence-corrected chi connectivity index (χ1v) is 7.48. The van der Waals surface area contributed by atoms with Gasteiger partial charge in [-0.25, -0.2) is 0 Å². The Kier molecular flexibility index (Phi) is 4.55. The zero-order chi connectivity index (χ0) is 16.3. The maximum atomic E-state index is 12.4. The number of hydrogen-bond acceptors (Lipinski definition) is 4. The van der Waals surface area contributed by atoms with Crippen molar-refractivity contribution in [1.82, 2.24) is 9.88 Å². The third kappa shape index (κ3) is 3.88. The van der Waals surface area contributed by atoms with Crippen molar-refractivity contribution in [3.05, 3.63) is 28.7 Å². The first-order valence-electron chi connectivity index (χ1n) is 7.48. The fourth-order valence-electron chi connectivity index (χ4n) is 2.91. The SMILES string of the molecule is CC(C)(C)CC1CCC(C(=O)Nc2ccc(=O)[nH]c2)N1C#N. The number of carbonyl (C=O) groups excluding carboxylic acids is 1. The van der Waals surface area contributed by atoms with Gasteiger partial charge < -0.3 is 10.3 Å². The quantitative estimate of drug-likeness (QED) is 0.836. The van der Waals surface area contributed by atoms with E-state index in [4.69, 9.17) is 0 Å². The fourth-order valence-corrected chi connectivity index (χ4v) is 2.91. The number of aromatic amines is 1. The van der Waals surface area contributed by atoms with Gasteiger partial charge in [-0.05, 0) is 30.7 Å². The van der Waals surface area contributed by atoms with E-state index >= 15 is 0 Å². The van der Waals surface area contributed by atoms with Crippen LogP contribution in [0.5, 0.6) is 0 Å². The van der Waals surface area contributed by atoms with Crippen LogP contribution in [0.1, 0.15) is 40.0 Å². The molecule has 6 nitrogen and oxygen atoms in total. The molecule has 2 unspecified atom stereocenters. The van der Waals surface area contributed by atoms with Crippen LogP contribution in [0.25, 0.3) is 0 Å². The summed E-state index contributed by atoms with van der Waals surface area (Å²) in [6.45, 7) is 6.41. The summed E-state index contributed by atoms with van der Waals surface area (Å²) in [5.41, 5.74) is 0.425. The molecule has 1 fully saturated rings. The minimum absolute atomic E-state index is 0.108. The average molecular weight is 302 g/mol. The van der Waals surface area contributed by atoms with Gasteiger partial charge in [0.2, 0.25) is 11.5 Å². The molecule has 2 atom stereocenters. The van der Waals surface area contributed by atoms with Crippen LogP contribution in [-0.4, -0.2) is 27.9 Å². The van der Waals surface area contributed by atoms with Gasteiger partial charge in [0.1, 0.15) is 6.04 Å². The van der Waals surface area contributed by atoms with Crippen molar-refractivity contribution in [3.63, 3.8) is 0 Å². The number of pyridine rings is 1. The second-order valence-electron chi connectivity index (χ2n) is 6.95. The van der Waals surface area contributed by atoms with Crippen molar-refractivity contribution >= 4 is 11.6 Å². The topological polar surface area (TPSA) is 89.0 Å². The van der Waals surface area contributed by atoms with E-state index < -0.39 is 6.04 Å². The van der Waals surface area contributed by atoms with Gasteiger partial charge in [-0.1, -0.05) is 20.8 Å². The molecule has 1 aliphatic heterocycles. The number of anilines is 1. The highest BCUT2D eigenvalue weighted by Gasteiger charge is 2.38. The molecule has 2 heterocycles. The van der Waals surface area contributed by atoms with E-state index in [9.17, 15) is 14.9 Å². The molecule has 2 rings (SSSR count). The van der Waals surface area contributed by atoms with Crippen molar-refractivity contribution in [3.8, 4) is 6.19 Å². The summed E-state index contributed by atoms with van der Waals surface area (Å²) in [6.07, 6.45) is 6.02. The van der Waals surface area contributed by atoms with Gasteiger partial charge in [-0.3, -0.25) is 14.5 Å². The van der Waals surface area contributed by atoms with Gasteiger partial charge in [0.25, 0.3) is 0 Å². The number of likely N-dealkylation sites (tertiary alicyclic amines) is 1. The monoisotopic (exact) mass is 302 g/mol. The lowest BCUT2D eigenvalue weighted by atomic mass is 9.87. The standard InChI is InChI=1S/C16H22N4O2/c1-16(2,3)8-12-5-6-13(20(12)10-17)15(22)19-11-4-7-14(21)18-9-11/h4,7,9,12-13H,5-6,8H2,1-3H3,(H,18,21)(H,19,22). The minimum Gasteiger partial charge on any atom is -0.327 e. The number of aromatic nitrogens is 1. The molecule has 1 aromatic rings. The van der Waals surface area contributed by atoms with Crippen LogP contribution in [-0.2, 0) is 4.79 Å². The van der Waals surface area contributed by atoms with Crippen LogP contribution in [0.4, 0.5) is 5.69 Å². The van der Waals surface area contributed by atoms with E-state index in [0.29, 0.717) is 12.1 Å². The Hall–Kier alpha value is -2.29. The predicted octanol–water partition coefficient (Wildman–Crippen LogP) is 2.06. The summed E-state index contributed by atoms with van der Waals surface area (Å²) in [7, 11) is 0. The van der Waals surface area contributed by atoms with Crippen molar-refractivity contribution < 1.29 is 4.79 Å². The van der Waals surface area contributed by atoms with Crippen LogP contribution < -0.4 is 10.9 Å². The number of amides is 1. The molecule has 22 heavy (non-hydrogen) atoms. The summed E-state index contributed by atoms with van der Waals surface area (Å²) in [6, 6.07) is 2.57. The van der Waals surface area contributed by atoms with Gasteiger partial charge in [0.15, 0.2) is 6.19 Å². The molecule has 0 aliphatic carbocycles. The number of carbonyl (C=O) groups is 1. The molecule has 0 saturated carbocycles. The lowest BCUT2D eigenvalue weighted by Crippen LogP contribution is -2.41. The van der Waals surface area contributed by atoms with E-state index in [0.717, 1.165) is 12.8 Å². The summed E-state index contributed by atoms with van der Waals surface area (Å²) in [5.74, 6) is -0.204. The number of hydrogen-bond donors (Lipinski definition) is 2. The van der Waals surface area contributed by atoms with Crippen molar-refractivity contribution in [1.29, 1.82) is 5.26 Å². The third-order valence-corrected chi connectivity index (χ3v) is 3.82. The number of rotatable bonds is 3. The zero-order valence-electron chi connectivity index (χ0n) is 13.2. The van der Waals surface area contributed by atoms with E-state index in [1.54, 1.807) is 11.0 Å². The third-order valence-electron chi connectivity index (χ3n) is 3.82. The highest BCUT2D eigenvalue weighted by Crippen LogP contribution is 2.32. The number of H-pyrrole nitrogens is 1. The van der Waals surface area contributed by atoms with Gasteiger partial charge in [-0.15, -0.1) is 0 Å². The second kappa shape index (κ2) is 6.22. The molecule has 1 aliphatic rings. The van der Waals surface area contributed by atoms with E-state index in [-0.39, 0.29) is 22.9 Å². The Morgan fingerprint density at radius 2 is 2.18 bits per heavy atom. The Bertz CT molecular complexity index is 618. The minimum atomic E-state index is -0.440. The maximum Gasteiger partial charge on any atom is 0.248 e. The summed E-state index contributed by atoms with van der Waals surface area (Å²) < 4.78 is 0. The molecular formula is C16H22N4O2. The van der Waals surface area contributed by atoms with Crippen LogP contribution >= 0.6 is 0 Å². The molecule has 0 aromatic carbocycles. The van der Waals surface area contributed by atoms with Crippen LogP contribution in [0.3, 0.4) is 0 Å². The second-order valence-corrected chi connectivity index (χ2v) is 6.95. The molecule has 0 radical (unpaired) electrons. The lowest BCUT2D eigenvalue weighted by Gasteiger charge is -2.29. The molecule has 1 aromatic heterocycles. The lowest BCUT2D eigenvalue weighted by molar-refractivity contribution is -0.119. The molecule has 0 bridgehead atoms. The normalized spacial score (nSPS) is 21.5. The van der Waals surface area contributed by atoms with E-state index in [1.807, 2.05) is 0 Å². The van der Waals surface area contributed by atoms with Crippen molar-refractivity contribution in [2.75, 3.05) is 5.32 Å². The average Bonchev–Trinajstić information content (AvgIpc) is 2.82. The number of nitrogens with one attached hydrogen (secondary N) is 2. The number of nitrogens with zero attached hydrogens (tertiary/aromatic N) is 2. The van der Waals surface area contributed by atoms with Crippen LogP contribution in [0.15, 0.2) is 23.1 Å². The Balaban J connectivity index is 2.05. The molecule has 1 saturated heterocycles. The largest absolute Gasteiger partial charge is 0.327 e. The predicted molar refractivity (Wildman–Crippen MR) is 84.0 cm³/mol. The van der Waals surface area contributed by atoms with Gasteiger partial charge in [0, 0.05) is 18.3 Å². The highest BCUT2D eigenvalue weighted by molar-refractivity contribution is 5.95. The maximum absolute atomic E-state index is 12.4. The van der Waals surface area contributed by atoms with Crippen molar-refractivity contribution in [2.45, 2.75) is 52.1 Å². The Morgan fingerprint density at radius 3 is 2.73 bits per heavy atom. The van der Waals surface area contributed by atoms with Gasteiger partial charge >= 0.3 is 0 Å². The summed E-state index contributed by atoms with van der Waals surface area (Å²) in [4.78, 5) is 27.5. The highest BCUT2D eigenvalue weighted by atomic mass is 16.2. The molecule has 2 N–H and O–H groups in total. The summed E-state index contributed by atoms with van der Waals surface area (Å²) >= 11 is 0. The van der Waals surface area contributed by atoms with E-state index in [2.05, 4.69) is 37.3 Å². The van der Waals surface area contributed by atoms with Gasteiger partial charge in [0.05, 0.1) is 5.69 Å². The smallest absolute Gasteiger partial charge is 0.248 e. The molecule has 118 valence electrons. The van der Waals surface area contributed by atoms with Crippen LogP contribution in [0, 0.1) is 16.9 Å². The van der Waals surface area contributed by atoms with Crippen LogP contribution in [0.2, 0.25) is 0 Å². The first kappa shape index (κ1) is 16.1. The first-order chi connectivity index (χ1) is 10.3. The van der Waals surface area contributed by atoms with Gasteiger partial charge in [-0.2, -0.15) is 5.26 Å². The molecule has 0 spiro atoms. The Morgan fingerprint density at radius 1 is 1.45 bits per heavy atom. The zero-order valence-corrected chi connectivity index (χ0v) is 13.2. The summed E-state index contributed by atoms with van der Waals surface area (Å²) in [5, 5.41) is 12.2. The molecule has 6 heteroatoms. The fraction of sp³-hybridized carbons (Fsp3) is 0.562. The van der Waals surface area contributed by atoms with E-state index in [1.165, 1.54) is 12.3 Å². The molecule has 1 amide bonds. The molecular weight excluding hydrogens is 280 g/mol. The Labute approximate surface area is 130 Å². The number of nitriles is 1. The van der Waals surface area contributed by atoms with Crippen molar-refractivity contribution in [2.24, 2.45) is 5.41 Å².